The molecule has 0 N–H and O–H groups in total. The molecule has 2 aromatic carbocycles. The van der Waals surface area contributed by atoms with Crippen LogP contribution in [0.25, 0.3) is 16.9 Å². The minimum absolute atomic E-state index is 0.185. The van der Waals surface area contributed by atoms with Crippen LogP contribution < -0.4 is 4.74 Å². The molecule has 0 spiro atoms. The molecule has 166 valence electrons. The quantitative estimate of drug-likeness (QED) is 0.506. The summed E-state index contributed by atoms with van der Waals surface area (Å²) in [6.45, 7) is 0. The standard InChI is InChI=1S/C18H11F7N2O3S/c1-31(28,29)15-6-5-10(7-13(15)19)14-9-16(17(20,21)22)26-27(14)11-3-2-4-12(8-11)30-18(23,24)25/h2-9H,1H3. The van der Waals surface area contributed by atoms with Gasteiger partial charge in [-0.15, -0.1) is 13.2 Å². The van der Waals surface area contributed by atoms with Gasteiger partial charge in [-0.3, -0.25) is 0 Å². The van der Waals surface area contributed by atoms with Gasteiger partial charge in [0.1, 0.15) is 16.5 Å². The Labute approximate surface area is 170 Å². The summed E-state index contributed by atoms with van der Waals surface area (Å²) in [5.74, 6) is -1.92. The molecule has 3 rings (SSSR count). The Bertz CT molecular complexity index is 1230. The lowest BCUT2D eigenvalue weighted by atomic mass is 10.1. The fourth-order valence-electron chi connectivity index (χ4n) is 2.70. The number of hydrogen-bond donors (Lipinski definition) is 0. The Hall–Kier alpha value is -3.09. The molecular formula is C18H11F7N2O3S. The summed E-state index contributed by atoms with van der Waals surface area (Å²) in [6, 6.07) is 7.18. The molecule has 0 saturated heterocycles. The molecule has 13 heteroatoms. The molecule has 1 aromatic heterocycles. The van der Waals surface area contributed by atoms with Crippen molar-refractivity contribution in [1.29, 1.82) is 0 Å². The monoisotopic (exact) mass is 468 g/mol. The van der Waals surface area contributed by atoms with Crippen molar-refractivity contribution in [2.45, 2.75) is 17.4 Å². The summed E-state index contributed by atoms with van der Waals surface area (Å²) in [5, 5.41) is 3.38. The number of nitrogens with zero attached hydrogens (tertiary/aromatic N) is 2. The van der Waals surface area contributed by atoms with Gasteiger partial charge in [0.25, 0.3) is 0 Å². The highest BCUT2D eigenvalue weighted by molar-refractivity contribution is 7.90. The van der Waals surface area contributed by atoms with Crippen molar-refractivity contribution in [2.75, 3.05) is 6.26 Å². The maximum Gasteiger partial charge on any atom is 0.573 e. The molecule has 31 heavy (non-hydrogen) atoms. The van der Waals surface area contributed by atoms with E-state index in [1.165, 1.54) is 6.07 Å². The maximum atomic E-state index is 14.3. The molecule has 1 heterocycles. The first kappa shape index (κ1) is 22.6. The van der Waals surface area contributed by atoms with E-state index in [1.807, 2.05) is 0 Å². The lowest BCUT2D eigenvalue weighted by Gasteiger charge is -2.12. The third kappa shape index (κ3) is 5.16. The molecule has 0 aliphatic rings. The van der Waals surface area contributed by atoms with Gasteiger partial charge in [-0.1, -0.05) is 12.1 Å². The maximum absolute atomic E-state index is 14.3. The van der Waals surface area contributed by atoms with Crippen LogP contribution in [0.15, 0.2) is 53.4 Å². The van der Waals surface area contributed by atoms with Gasteiger partial charge in [-0.2, -0.15) is 18.3 Å². The SMILES string of the molecule is CS(=O)(=O)c1ccc(-c2cc(C(F)(F)F)nn2-c2cccc(OC(F)(F)F)c2)cc1F. The third-order valence-corrected chi connectivity index (χ3v) is 5.05. The molecule has 0 amide bonds. The lowest BCUT2D eigenvalue weighted by molar-refractivity contribution is -0.274. The summed E-state index contributed by atoms with van der Waals surface area (Å²) >= 11 is 0. The van der Waals surface area contributed by atoms with Crippen molar-refractivity contribution in [1.82, 2.24) is 9.78 Å². The van der Waals surface area contributed by atoms with Crippen molar-refractivity contribution in [3.05, 3.63) is 60.0 Å². The predicted molar refractivity (Wildman–Crippen MR) is 93.8 cm³/mol. The molecule has 5 nitrogen and oxygen atoms in total. The van der Waals surface area contributed by atoms with E-state index in [-0.39, 0.29) is 16.9 Å². The van der Waals surface area contributed by atoms with E-state index >= 15 is 0 Å². The van der Waals surface area contributed by atoms with Crippen LogP contribution in [0.5, 0.6) is 5.75 Å². The minimum Gasteiger partial charge on any atom is -0.406 e. The van der Waals surface area contributed by atoms with Crippen molar-refractivity contribution < 1.29 is 43.9 Å². The summed E-state index contributed by atoms with van der Waals surface area (Å²) in [6.07, 6.45) is -9.19. The van der Waals surface area contributed by atoms with E-state index in [0.717, 1.165) is 36.6 Å². The Morgan fingerprint density at radius 2 is 1.65 bits per heavy atom. The van der Waals surface area contributed by atoms with Crippen LogP contribution in [0, 0.1) is 5.82 Å². The zero-order valence-electron chi connectivity index (χ0n) is 15.3. The molecule has 0 saturated carbocycles. The van der Waals surface area contributed by atoms with Crippen LogP contribution in [0.1, 0.15) is 5.69 Å². The smallest absolute Gasteiger partial charge is 0.406 e. The highest BCUT2D eigenvalue weighted by Crippen LogP contribution is 2.35. The van der Waals surface area contributed by atoms with Crippen LogP contribution >= 0.6 is 0 Å². The van der Waals surface area contributed by atoms with Crippen LogP contribution in [0.4, 0.5) is 30.7 Å². The second kappa shape index (κ2) is 7.55. The molecule has 0 aliphatic carbocycles. The molecule has 0 unspecified atom stereocenters. The molecule has 0 bridgehead atoms. The van der Waals surface area contributed by atoms with Gasteiger partial charge >= 0.3 is 12.5 Å². The first-order chi connectivity index (χ1) is 14.1. The highest BCUT2D eigenvalue weighted by atomic mass is 32.2. The zero-order chi connectivity index (χ0) is 23.2. The van der Waals surface area contributed by atoms with E-state index in [1.54, 1.807) is 0 Å². The van der Waals surface area contributed by atoms with Crippen molar-refractivity contribution >= 4 is 9.84 Å². The highest BCUT2D eigenvalue weighted by Gasteiger charge is 2.36. The van der Waals surface area contributed by atoms with Crippen molar-refractivity contribution in [3.63, 3.8) is 0 Å². The molecule has 0 fully saturated rings. The number of sulfone groups is 1. The number of ether oxygens (including phenoxy) is 1. The van der Waals surface area contributed by atoms with E-state index < -0.39 is 44.5 Å². The fraction of sp³-hybridized carbons (Fsp3) is 0.167. The normalized spacial score (nSPS) is 12.8. The minimum atomic E-state index is -5.03. The Balaban J connectivity index is 2.18. The van der Waals surface area contributed by atoms with Gasteiger partial charge in [-0.25, -0.2) is 17.5 Å². The Morgan fingerprint density at radius 1 is 0.968 bits per heavy atom. The van der Waals surface area contributed by atoms with Crippen molar-refractivity contribution in [3.8, 4) is 22.7 Å². The summed E-state index contributed by atoms with van der Waals surface area (Å²) in [7, 11) is -3.94. The largest absolute Gasteiger partial charge is 0.573 e. The molecule has 0 atom stereocenters. The lowest BCUT2D eigenvalue weighted by Crippen LogP contribution is -2.17. The first-order valence-electron chi connectivity index (χ1n) is 8.18. The van der Waals surface area contributed by atoms with Crippen LogP contribution in [-0.4, -0.2) is 30.8 Å². The van der Waals surface area contributed by atoms with Gasteiger partial charge < -0.3 is 4.74 Å². The fourth-order valence-corrected chi connectivity index (χ4v) is 3.42. The topological polar surface area (TPSA) is 61.2 Å². The van der Waals surface area contributed by atoms with Crippen LogP contribution in [0.3, 0.4) is 0 Å². The second-order valence-corrected chi connectivity index (χ2v) is 8.27. The van der Waals surface area contributed by atoms with E-state index in [2.05, 4.69) is 9.84 Å². The number of aromatic nitrogens is 2. The Morgan fingerprint density at radius 3 is 2.19 bits per heavy atom. The first-order valence-corrected chi connectivity index (χ1v) is 10.1. The number of hydrogen-bond acceptors (Lipinski definition) is 4. The number of benzene rings is 2. The summed E-state index contributed by atoms with van der Waals surface area (Å²) in [5.41, 5.74) is -2.15. The molecule has 0 aliphatic heterocycles. The Kier molecular flexibility index (Phi) is 5.50. The molecule has 0 radical (unpaired) electrons. The third-order valence-electron chi connectivity index (χ3n) is 3.92. The van der Waals surface area contributed by atoms with E-state index in [0.29, 0.717) is 16.8 Å². The van der Waals surface area contributed by atoms with Gasteiger partial charge in [0.15, 0.2) is 15.5 Å². The zero-order valence-corrected chi connectivity index (χ0v) is 16.1. The predicted octanol–water partition coefficient (Wildman–Crippen LogP) is 5.00. The summed E-state index contributed by atoms with van der Waals surface area (Å²) < 4.78 is 119. The molecule has 3 aromatic rings. The van der Waals surface area contributed by atoms with E-state index in [9.17, 15) is 39.2 Å². The van der Waals surface area contributed by atoms with Gasteiger partial charge in [-0.05, 0) is 30.3 Å². The average molecular weight is 468 g/mol. The van der Waals surface area contributed by atoms with Gasteiger partial charge in [0.05, 0.1) is 11.4 Å². The van der Waals surface area contributed by atoms with Gasteiger partial charge in [0, 0.05) is 17.9 Å². The van der Waals surface area contributed by atoms with Gasteiger partial charge in [0.2, 0.25) is 0 Å². The second-order valence-electron chi connectivity index (χ2n) is 6.29. The number of alkyl halides is 6. The van der Waals surface area contributed by atoms with Crippen molar-refractivity contribution in [2.24, 2.45) is 0 Å². The molecular weight excluding hydrogens is 457 g/mol. The number of rotatable bonds is 4. The van der Waals surface area contributed by atoms with E-state index in [4.69, 9.17) is 0 Å². The average Bonchev–Trinajstić information content (AvgIpc) is 3.05. The number of halogens is 7. The van der Waals surface area contributed by atoms with Crippen LogP contribution in [-0.2, 0) is 16.0 Å². The van der Waals surface area contributed by atoms with Crippen LogP contribution in [0.2, 0.25) is 0 Å². The summed E-state index contributed by atoms with van der Waals surface area (Å²) in [4.78, 5) is -0.668.